The maximum absolute atomic E-state index is 13.4. The SMILES string of the molecule is NCCCc1nnc(-c2ccccc2F)o1. The van der Waals surface area contributed by atoms with Crippen molar-refractivity contribution in [3.8, 4) is 11.5 Å². The molecule has 1 aromatic carbocycles. The van der Waals surface area contributed by atoms with Crippen molar-refractivity contribution in [2.45, 2.75) is 12.8 Å². The predicted octanol–water partition coefficient (Wildman–Crippen LogP) is 1.77. The summed E-state index contributed by atoms with van der Waals surface area (Å²) in [6.07, 6.45) is 1.40. The van der Waals surface area contributed by atoms with Crippen molar-refractivity contribution in [1.82, 2.24) is 10.2 Å². The molecule has 0 bridgehead atoms. The lowest BCUT2D eigenvalue weighted by molar-refractivity contribution is 0.495. The zero-order valence-electron chi connectivity index (χ0n) is 8.69. The molecule has 0 aliphatic carbocycles. The quantitative estimate of drug-likeness (QED) is 0.854. The molecule has 0 unspecified atom stereocenters. The van der Waals surface area contributed by atoms with Crippen molar-refractivity contribution in [3.63, 3.8) is 0 Å². The lowest BCUT2D eigenvalue weighted by Gasteiger charge is -1.95. The number of benzene rings is 1. The smallest absolute Gasteiger partial charge is 0.250 e. The number of aryl methyl sites for hydroxylation is 1. The third kappa shape index (κ3) is 2.25. The second-order valence-corrected chi connectivity index (χ2v) is 3.37. The van der Waals surface area contributed by atoms with E-state index in [1.807, 2.05) is 0 Å². The molecule has 2 aromatic rings. The molecule has 0 atom stereocenters. The molecule has 0 amide bonds. The first-order chi connectivity index (χ1) is 7.81. The van der Waals surface area contributed by atoms with Gasteiger partial charge < -0.3 is 10.2 Å². The second-order valence-electron chi connectivity index (χ2n) is 3.37. The predicted molar refractivity (Wildman–Crippen MR) is 57.1 cm³/mol. The van der Waals surface area contributed by atoms with Gasteiger partial charge in [-0.3, -0.25) is 0 Å². The third-order valence-electron chi connectivity index (χ3n) is 2.17. The van der Waals surface area contributed by atoms with E-state index in [4.69, 9.17) is 10.2 Å². The molecule has 0 aliphatic rings. The fourth-order valence-corrected chi connectivity index (χ4v) is 1.35. The minimum absolute atomic E-state index is 0.213. The van der Waals surface area contributed by atoms with Crippen molar-refractivity contribution in [2.24, 2.45) is 5.73 Å². The Morgan fingerprint density at radius 1 is 1.25 bits per heavy atom. The number of nitrogens with two attached hydrogens (primary N) is 1. The average molecular weight is 221 g/mol. The van der Waals surface area contributed by atoms with E-state index in [-0.39, 0.29) is 11.7 Å². The van der Waals surface area contributed by atoms with Gasteiger partial charge in [0.05, 0.1) is 5.56 Å². The standard InChI is InChI=1S/C11H12FN3O/c12-9-5-2-1-4-8(9)11-15-14-10(16-11)6-3-7-13/h1-2,4-5H,3,6-7,13H2. The summed E-state index contributed by atoms with van der Waals surface area (Å²) < 4.78 is 18.7. The van der Waals surface area contributed by atoms with Crippen LogP contribution in [0.25, 0.3) is 11.5 Å². The second kappa shape index (κ2) is 4.85. The summed E-state index contributed by atoms with van der Waals surface area (Å²) in [6.45, 7) is 0.567. The molecule has 5 heteroatoms. The van der Waals surface area contributed by atoms with Crippen LogP contribution < -0.4 is 5.73 Å². The Morgan fingerprint density at radius 3 is 2.81 bits per heavy atom. The van der Waals surface area contributed by atoms with Gasteiger partial charge in [-0.2, -0.15) is 0 Å². The van der Waals surface area contributed by atoms with E-state index >= 15 is 0 Å². The van der Waals surface area contributed by atoms with Crippen LogP contribution in [0.5, 0.6) is 0 Å². The van der Waals surface area contributed by atoms with E-state index < -0.39 is 0 Å². The van der Waals surface area contributed by atoms with Gasteiger partial charge in [-0.25, -0.2) is 4.39 Å². The van der Waals surface area contributed by atoms with Crippen molar-refractivity contribution >= 4 is 0 Å². The molecule has 2 rings (SSSR count). The van der Waals surface area contributed by atoms with Crippen LogP contribution in [0, 0.1) is 5.82 Å². The molecule has 16 heavy (non-hydrogen) atoms. The highest BCUT2D eigenvalue weighted by molar-refractivity contribution is 5.53. The van der Waals surface area contributed by atoms with Crippen LogP contribution in [0.3, 0.4) is 0 Å². The highest BCUT2D eigenvalue weighted by Crippen LogP contribution is 2.21. The Balaban J connectivity index is 2.22. The summed E-state index contributed by atoms with van der Waals surface area (Å²) in [7, 11) is 0. The summed E-state index contributed by atoms with van der Waals surface area (Å²) in [5, 5.41) is 7.64. The first kappa shape index (κ1) is 10.8. The van der Waals surface area contributed by atoms with E-state index in [0.29, 0.717) is 24.4 Å². The fraction of sp³-hybridized carbons (Fsp3) is 0.273. The molecule has 0 spiro atoms. The minimum atomic E-state index is -0.364. The zero-order chi connectivity index (χ0) is 11.4. The van der Waals surface area contributed by atoms with Crippen LogP contribution in [0.15, 0.2) is 28.7 Å². The average Bonchev–Trinajstić information content (AvgIpc) is 2.75. The van der Waals surface area contributed by atoms with Gasteiger partial charge in [-0.15, -0.1) is 10.2 Å². The van der Waals surface area contributed by atoms with E-state index in [1.165, 1.54) is 6.07 Å². The molecule has 0 aliphatic heterocycles. The van der Waals surface area contributed by atoms with Gasteiger partial charge in [0.2, 0.25) is 5.89 Å². The van der Waals surface area contributed by atoms with Crippen LogP contribution in [-0.4, -0.2) is 16.7 Å². The maximum Gasteiger partial charge on any atom is 0.250 e. The van der Waals surface area contributed by atoms with Gasteiger partial charge in [0, 0.05) is 6.42 Å². The van der Waals surface area contributed by atoms with Crippen molar-refractivity contribution in [3.05, 3.63) is 36.0 Å². The van der Waals surface area contributed by atoms with E-state index in [0.717, 1.165) is 6.42 Å². The number of hydrogen-bond donors (Lipinski definition) is 1. The molecule has 2 N–H and O–H groups in total. The fourth-order valence-electron chi connectivity index (χ4n) is 1.35. The van der Waals surface area contributed by atoms with Crippen molar-refractivity contribution in [2.75, 3.05) is 6.54 Å². The number of halogens is 1. The zero-order valence-corrected chi connectivity index (χ0v) is 8.69. The number of aromatic nitrogens is 2. The molecule has 0 saturated carbocycles. The Hall–Kier alpha value is -1.75. The molecule has 4 nitrogen and oxygen atoms in total. The molecule has 0 radical (unpaired) electrons. The lowest BCUT2D eigenvalue weighted by atomic mass is 10.2. The molecular formula is C11H12FN3O. The van der Waals surface area contributed by atoms with Gasteiger partial charge in [-0.05, 0) is 25.1 Å². The minimum Gasteiger partial charge on any atom is -0.421 e. The molecular weight excluding hydrogens is 209 g/mol. The van der Waals surface area contributed by atoms with Gasteiger partial charge >= 0.3 is 0 Å². The topological polar surface area (TPSA) is 64.9 Å². The molecule has 0 fully saturated rings. The summed E-state index contributed by atoms with van der Waals surface area (Å²) >= 11 is 0. The van der Waals surface area contributed by atoms with Gasteiger partial charge in [-0.1, -0.05) is 12.1 Å². The highest BCUT2D eigenvalue weighted by Gasteiger charge is 2.11. The first-order valence-corrected chi connectivity index (χ1v) is 5.08. The lowest BCUT2D eigenvalue weighted by Crippen LogP contribution is -2.00. The largest absolute Gasteiger partial charge is 0.421 e. The van der Waals surface area contributed by atoms with Gasteiger partial charge in [0.25, 0.3) is 5.89 Å². The number of nitrogens with zero attached hydrogens (tertiary/aromatic N) is 2. The van der Waals surface area contributed by atoms with E-state index in [1.54, 1.807) is 18.2 Å². The summed E-state index contributed by atoms with van der Waals surface area (Å²) in [5.41, 5.74) is 5.70. The van der Waals surface area contributed by atoms with E-state index in [9.17, 15) is 4.39 Å². The van der Waals surface area contributed by atoms with Crippen LogP contribution in [-0.2, 0) is 6.42 Å². The third-order valence-corrected chi connectivity index (χ3v) is 2.17. The molecule has 1 heterocycles. The Labute approximate surface area is 92.3 Å². The summed E-state index contributed by atoms with van der Waals surface area (Å²) in [6, 6.07) is 6.31. The van der Waals surface area contributed by atoms with Crippen LogP contribution >= 0.6 is 0 Å². The van der Waals surface area contributed by atoms with Crippen LogP contribution in [0.2, 0.25) is 0 Å². The molecule has 84 valence electrons. The van der Waals surface area contributed by atoms with Gasteiger partial charge in [0.1, 0.15) is 5.82 Å². The number of rotatable bonds is 4. The monoisotopic (exact) mass is 221 g/mol. The van der Waals surface area contributed by atoms with Crippen LogP contribution in [0.4, 0.5) is 4.39 Å². The molecule has 1 aromatic heterocycles. The molecule has 0 saturated heterocycles. The first-order valence-electron chi connectivity index (χ1n) is 5.08. The summed E-state index contributed by atoms with van der Waals surface area (Å²) in [4.78, 5) is 0. The Bertz CT molecular complexity index is 470. The Morgan fingerprint density at radius 2 is 2.06 bits per heavy atom. The normalized spacial score (nSPS) is 10.6. The van der Waals surface area contributed by atoms with Crippen LogP contribution in [0.1, 0.15) is 12.3 Å². The van der Waals surface area contributed by atoms with E-state index in [2.05, 4.69) is 10.2 Å². The highest BCUT2D eigenvalue weighted by atomic mass is 19.1. The maximum atomic E-state index is 13.4. The number of hydrogen-bond acceptors (Lipinski definition) is 4. The van der Waals surface area contributed by atoms with Crippen molar-refractivity contribution < 1.29 is 8.81 Å². The van der Waals surface area contributed by atoms with Crippen molar-refractivity contribution in [1.29, 1.82) is 0 Å². The van der Waals surface area contributed by atoms with Gasteiger partial charge in [0.15, 0.2) is 0 Å². The summed E-state index contributed by atoms with van der Waals surface area (Å²) in [5.74, 6) is 0.338. The Kier molecular flexibility index (Phi) is 3.26.